The minimum atomic E-state index is -0.729. The molecule has 0 bridgehead atoms. The number of carbonyl (C=O) groups excluding carboxylic acids is 1. The largest absolute Gasteiger partial charge is 0.462 e. The minimum absolute atomic E-state index is 0.0427. The summed E-state index contributed by atoms with van der Waals surface area (Å²) >= 11 is 0. The molecule has 0 amide bonds. The van der Waals surface area contributed by atoms with Crippen molar-refractivity contribution in [2.24, 2.45) is 5.16 Å². The number of rotatable bonds is 13. The van der Waals surface area contributed by atoms with Gasteiger partial charge in [-0.15, -0.1) is 0 Å². The number of nitrogens with zero attached hydrogens (tertiary/aromatic N) is 3. The van der Waals surface area contributed by atoms with Crippen LogP contribution in [0.3, 0.4) is 0 Å². The number of fused-ring (bicyclic) bond motifs is 3. The predicted octanol–water partition coefficient (Wildman–Crippen LogP) is 6.40. The van der Waals surface area contributed by atoms with E-state index >= 15 is 0 Å². The standard InChI is InChI=1S/C25H29N3O7/c1-2-3-4-5-6-7-8-9-10-13-35-25(29)22-16-18(28(33)34)15-21-23(22)19-12-11-17(27(31)32)14-20(19)24(21)26-30/h11-12,14-16,30H,2-10,13H2,1H3/b26-24+. The first-order chi connectivity index (χ1) is 16.9. The Hall–Kier alpha value is -3.82. The molecule has 0 heterocycles. The summed E-state index contributed by atoms with van der Waals surface area (Å²) in [5.41, 5.74) is 0.337. The summed E-state index contributed by atoms with van der Waals surface area (Å²) in [5, 5.41) is 35.5. The number of carbonyl (C=O) groups is 1. The highest BCUT2D eigenvalue weighted by atomic mass is 16.6. The van der Waals surface area contributed by atoms with Crippen LogP contribution in [0.1, 0.15) is 86.2 Å². The molecule has 3 rings (SSSR count). The first-order valence-corrected chi connectivity index (χ1v) is 11.9. The van der Waals surface area contributed by atoms with E-state index in [9.17, 15) is 30.2 Å². The Labute approximate surface area is 202 Å². The molecule has 1 N–H and O–H groups in total. The molecular weight excluding hydrogens is 454 g/mol. The van der Waals surface area contributed by atoms with Gasteiger partial charge in [0.2, 0.25) is 0 Å². The van der Waals surface area contributed by atoms with E-state index in [1.165, 1.54) is 56.4 Å². The van der Waals surface area contributed by atoms with Gasteiger partial charge in [0.15, 0.2) is 0 Å². The van der Waals surface area contributed by atoms with Gasteiger partial charge >= 0.3 is 5.97 Å². The summed E-state index contributed by atoms with van der Waals surface area (Å²) in [6, 6.07) is 6.24. The van der Waals surface area contributed by atoms with Crippen molar-refractivity contribution in [3.63, 3.8) is 0 Å². The maximum atomic E-state index is 12.9. The van der Waals surface area contributed by atoms with Gasteiger partial charge in [-0.05, 0) is 18.1 Å². The first-order valence-electron chi connectivity index (χ1n) is 11.9. The molecule has 2 aromatic rings. The number of nitro benzene ring substituents is 2. The van der Waals surface area contributed by atoms with Gasteiger partial charge in [-0.2, -0.15) is 0 Å². The molecule has 1 aliphatic carbocycles. The minimum Gasteiger partial charge on any atom is -0.462 e. The van der Waals surface area contributed by atoms with Gasteiger partial charge in [0, 0.05) is 41.0 Å². The highest BCUT2D eigenvalue weighted by molar-refractivity contribution is 6.27. The Kier molecular flexibility index (Phi) is 8.88. The lowest BCUT2D eigenvalue weighted by molar-refractivity contribution is -0.385. The third-order valence-electron chi connectivity index (χ3n) is 6.13. The Morgan fingerprint density at radius 2 is 1.46 bits per heavy atom. The van der Waals surface area contributed by atoms with Gasteiger partial charge in [-0.25, -0.2) is 4.79 Å². The lowest BCUT2D eigenvalue weighted by Crippen LogP contribution is -2.10. The van der Waals surface area contributed by atoms with Crippen LogP contribution in [0.25, 0.3) is 11.1 Å². The van der Waals surface area contributed by atoms with Crippen LogP contribution < -0.4 is 0 Å². The van der Waals surface area contributed by atoms with E-state index in [2.05, 4.69) is 12.1 Å². The predicted molar refractivity (Wildman–Crippen MR) is 130 cm³/mol. The van der Waals surface area contributed by atoms with Crippen molar-refractivity contribution >= 4 is 23.1 Å². The molecule has 0 fully saturated rings. The number of esters is 1. The van der Waals surface area contributed by atoms with Crippen LogP contribution in [0.15, 0.2) is 35.5 Å². The lowest BCUT2D eigenvalue weighted by Gasteiger charge is -2.10. The second-order valence-corrected chi connectivity index (χ2v) is 8.57. The third-order valence-corrected chi connectivity index (χ3v) is 6.13. The third kappa shape index (κ3) is 6.00. The number of unbranched alkanes of at least 4 members (excludes halogenated alkanes) is 8. The van der Waals surface area contributed by atoms with Crippen LogP contribution in [-0.2, 0) is 4.74 Å². The second-order valence-electron chi connectivity index (χ2n) is 8.57. The Bertz CT molecular complexity index is 1140. The van der Waals surface area contributed by atoms with Crippen molar-refractivity contribution in [3.05, 3.63) is 67.3 Å². The van der Waals surface area contributed by atoms with Crippen LogP contribution in [0.4, 0.5) is 11.4 Å². The highest BCUT2D eigenvalue weighted by Gasteiger charge is 2.34. The van der Waals surface area contributed by atoms with Crippen LogP contribution >= 0.6 is 0 Å². The highest BCUT2D eigenvalue weighted by Crippen LogP contribution is 2.43. The number of hydrogen-bond acceptors (Lipinski definition) is 8. The maximum absolute atomic E-state index is 12.9. The van der Waals surface area contributed by atoms with E-state index in [-0.39, 0.29) is 40.4 Å². The molecule has 10 heteroatoms. The molecular formula is C25H29N3O7. The number of non-ortho nitro benzene ring substituents is 2. The van der Waals surface area contributed by atoms with Crippen LogP contribution in [0, 0.1) is 20.2 Å². The average Bonchev–Trinajstić information content (AvgIpc) is 3.17. The zero-order chi connectivity index (χ0) is 25.4. The van der Waals surface area contributed by atoms with Gasteiger partial charge in [-0.3, -0.25) is 20.2 Å². The van der Waals surface area contributed by atoms with Crippen molar-refractivity contribution in [1.82, 2.24) is 0 Å². The van der Waals surface area contributed by atoms with Gasteiger partial charge in [0.05, 0.1) is 22.0 Å². The summed E-state index contributed by atoms with van der Waals surface area (Å²) in [7, 11) is 0. The monoisotopic (exact) mass is 483 g/mol. The van der Waals surface area contributed by atoms with E-state index in [4.69, 9.17) is 4.74 Å². The SMILES string of the molecule is CCCCCCCCCCCOC(=O)c1cc([N+](=O)[O-])cc2c1-c1ccc([N+](=O)[O-])cc1/C2=N\O. The molecule has 1 aliphatic rings. The summed E-state index contributed by atoms with van der Waals surface area (Å²) in [6.45, 7) is 2.37. The molecule has 0 unspecified atom stereocenters. The molecule has 186 valence electrons. The summed E-state index contributed by atoms with van der Waals surface area (Å²) < 4.78 is 5.42. The Morgan fingerprint density at radius 1 is 0.857 bits per heavy atom. The van der Waals surface area contributed by atoms with Crippen molar-refractivity contribution < 1.29 is 24.6 Å². The van der Waals surface area contributed by atoms with Crippen molar-refractivity contribution in [1.29, 1.82) is 0 Å². The topological polar surface area (TPSA) is 145 Å². The van der Waals surface area contributed by atoms with Gasteiger partial charge in [-0.1, -0.05) is 63.4 Å². The van der Waals surface area contributed by atoms with E-state index in [0.29, 0.717) is 17.5 Å². The van der Waals surface area contributed by atoms with E-state index in [1.807, 2.05) is 0 Å². The molecule has 0 saturated carbocycles. The normalized spacial score (nSPS) is 12.9. The average molecular weight is 484 g/mol. The smallest absolute Gasteiger partial charge is 0.339 e. The van der Waals surface area contributed by atoms with Crippen LogP contribution in [0.2, 0.25) is 0 Å². The molecule has 35 heavy (non-hydrogen) atoms. The number of hydrogen-bond donors (Lipinski definition) is 1. The quantitative estimate of drug-likeness (QED) is 0.0973. The fraction of sp³-hybridized carbons (Fsp3) is 0.440. The molecule has 0 aliphatic heterocycles. The summed E-state index contributed by atoms with van der Waals surface area (Å²) in [5.74, 6) is -0.729. The van der Waals surface area contributed by atoms with Crippen molar-refractivity contribution in [2.45, 2.75) is 64.7 Å². The van der Waals surface area contributed by atoms with Gasteiger partial charge < -0.3 is 9.94 Å². The Morgan fingerprint density at radius 3 is 2.06 bits per heavy atom. The van der Waals surface area contributed by atoms with E-state index in [0.717, 1.165) is 25.3 Å². The number of nitro groups is 2. The number of benzene rings is 2. The van der Waals surface area contributed by atoms with E-state index in [1.54, 1.807) is 0 Å². The Balaban J connectivity index is 1.74. The number of oxime groups is 1. The lowest BCUT2D eigenvalue weighted by atomic mass is 9.98. The molecule has 0 radical (unpaired) electrons. The van der Waals surface area contributed by atoms with Crippen LogP contribution in [-0.4, -0.2) is 33.3 Å². The first kappa shape index (κ1) is 25.8. The van der Waals surface area contributed by atoms with Crippen molar-refractivity contribution in [2.75, 3.05) is 6.61 Å². The van der Waals surface area contributed by atoms with Crippen LogP contribution in [0.5, 0.6) is 0 Å². The zero-order valence-electron chi connectivity index (χ0n) is 19.7. The van der Waals surface area contributed by atoms with E-state index < -0.39 is 15.8 Å². The molecule has 0 saturated heterocycles. The fourth-order valence-corrected chi connectivity index (χ4v) is 4.34. The molecule has 10 nitrogen and oxygen atoms in total. The molecule has 2 aromatic carbocycles. The summed E-state index contributed by atoms with van der Waals surface area (Å²) in [4.78, 5) is 34.4. The second kappa shape index (κ2) is 12.0. The van der Waals surface area contributed by atoms with Gasteiger partial charge in [0.25, 0.3) is 11.4 Å². The fourth-order valence-electron chi connectivity index (χ4n) is 4.34. The molecule has 0 atom stereocenters. The zero-order valence-corrected chi connectivity index (χ0v) is 19.7. The molecule has 0 spiro atoms. The maximum Gasteiger partial charge on any atom is 0.339 e. The molecule has 0 aromatic heterocycles. The van der Waals surface area contributed by atoms with Gasteiger partial charge in [0.1, 0.15) is 5.71 Å². The van der Waals surface area contributed by atoms with Crippen molar-refractivity contribution in [3.8, 4) is 11.1 Å². The number of ether oxygens (including phenoxy) is 1. The summed E-state index contributed by atoms with van der Waals surface area (Å²) in [6.07, 6.45) is 9.99.